The smallest absolute Gasteiger partial charge is 0.414 e. The molecule has 2 aromatic rings. The second-order valence-electron chi connectivity index (χ2n) is 6.47. The van der Waals surface area contributed by atoms with E-state index in [1.807, 2.05) is 16.3 Å². The lowest BCUT2D eigenvalue weighted by molar-refractivity contribution is 0.143. The summed E-state index contributed by atoms with van der Waals surface area (Å²) in [4.78, 5) is 19.0. The van der Waals surface area contributed by atoms with E-state index < -0.39 is 23.7 Å². The average molecular weight is 415 g/mol. The zero-order valence-corrected chi connectivity index (χ0v) is 15.9. The molecule has 3 rings (SSSR count). The number of aromatic nitrogens is 1. The fourth-order valence-corrected chi connectivity index (χ4v) is 3.08. The van der Waals surface area contributed by atoms with E-state index in [0.717, 1.165) is 0 Å². The molecule has 0 bridgehead atoms. The summed E-state index contributed by atoms with van der Waals surface area (Å²) in [7, 11) is 0. The van der Waals surface area contributed by atoms with Crippen LogP contribution in [-0.2, 0) is 11.3 Å². The molecule has 0 atom stereocenters. The first-order chi connectivity index (χ1) is 14.4. The Bertz CT molecular complexity index is 1000. The highest BCUT2D eigenvalue weighted by atomic mass is 19.1. The van der Waals surface area contributed by atoms with Gasteiger partial charge < -0.3 is 20.3 Å². The number of rotatable bonds is 4. The third kappa shape index (κ3) is 4.72. The first-order valence-corrected chi connectivity index (χ1v) is 8.99. The van der Waals surface area contributed by atoms with Gasteiger partial charge >= 0.3 is 6.09 Å². The summed E-state index contributed by atoms with van der Waals surface area (Å²) in [6.07, 6.45) is 0.449. The van der Waals surface area contributed by atoms with Gasteiger partial charge in [0.25, 0.3) is 0 Å². The molecule has 1 amide bonds. The van der Waals surface area contributed by atoms with Crippen LogP contribution in [0.25, 0.3) is 0 Å². The number of benzene rings is 1. The molecule has 1 aliphatic heterocycles. The molecule has 9 nitrogen and oxygen atoms in total. The molecule has 4 N–H and O–H groups in total. The molecule has 0 aliphatic carbocycles. The molecule has 0 unspecified atom stereocenters. The van der Waals surface area contributed by atoms with Crippen LogP contribution in [0.5, 0.6) is 0 Å². The van der Waals surface area contributed by atoms with E-state index in [1.54, 1.807) is 17.0 Å². The summed E-state index contributed by atoms with van der Waals surface area (Å²) >= 11 is 0. The highest BCUT2D eigenvalue weighted by molar-refractivity contribution is 5.90. The van der Waals surface area contributed by atoms with E-state index in [9.17, 15) is 13.6 Å². The third-order valence-corrected chi connectivity index (χ3v) is 4.54. The summed E-state index contributed by atoms with van der Waals surface area (Å²) in [5.74, 6) is -1.56. The predicted octanol–water partition coefficient (Wildman–Crippen LogP) is 1.68. The highest BCUT2D eigenvalue weighted by Crippen LogP contribution is 2.25. The van der Waals surface area contributed by atoms with Crippen LogP contribution in [0.1, 0.15) is 11.1 Å². The van der Waals surface area contributed by atoms with Gasteiger partial charge in [-0.1, -0.05) is 0 Å². The molecular formula is C19H19F2N7O2. The summed E-state index contributed by atoms with van der Waals surface area (Å²) in [5.41, 5.74) is 5.79. The van der Waals surface area contributed by atoms with E-state index in [-0.39, 0.29) is 23.6 Å². The number of halogens is 2. The lowest BCUT2D eigenvalue weighted by atomic mass is 10.1. The fraction of sp³-hybridized carbons (Fsp3) is 0.263. The number of hydrogen-bond acceptors (Lipinski definition) is 7. The molecule has 11 heteroatoms. The van der Waals surface area contributed by atoms with E-state index in [1.165, 1.54) is 18.3 Å². The van der Waals surface area contributed by atoms with Gasteiger partial charge in [0.2, 0.25) is 0 Å². The standard InChI is InChI=1S/C19H19F2N7O2/c20-14-9-12(10-22)1-2-15(14)27-5-7-28(8-6-27)17-16(21)13(3-4-25-17)11-30-19(29)26-18(23)24/h1-4,9H,5-8,11H2,(H4,23,24,26,29). The quantitative estimate of drug-likeness (QED) is 0.511. The van der Waals surface area contributed by atoms with Crippen molar-refractivity contribution in [1.82, 2.24) is 10.3 Å². The Hall–Kier alpha value is -3.94. The Morgan fingerprint density at radius 3 is 2.60 bits per heavy atom. The number of nitriles is 1. The van der Waals surface area contributed by atoms with E-state index in [2.05, 4.69) is 4.98 Å². The van der Waals surface area contributed by atoms with Gasteiger partial charge in [0.15, 0.2) is 17.6 Å². The zero-order valence-electron chi connectivity index (χ0n) is 15.9. The van der Waals surface area contributed by atoms with Crippen LogP contribution in [0.3, 0.4) is 0 Å². The second kappa shape index (κ2) is 9.04. The van der Waals surface area contributed by atoms with Crippen LogP contribution in [0.15, 0.2) is 30.5 Å². The molecule has 1 saturated heterocycles. The van der Waals surface area contributed by atoms with Crippen molar-refractivity contribution in [3.8, 4) is 6.07 Å². The summed E-state index contributed by atoms with van der Waals surface area (Å²) in [6.45, 7) is 1.32. The van der Waals surface area contributed by atoms with Gasteiger partial charge in [0, 0.05) is 37.9 Å². The van der Waals surface area contributed by atoms with Crippen LogP contribution in [0, 0.1) is 28.4 Å². The molecule has 1 aromatic heterocycles. The van der Waals surface area contributed by atoms with Gasteiger partial charge in [0.05, 0.1) is 17.3 Å². The van der Waals surface area contributed by atoms with Crippen molar-refractivity contribution < 1.29 is 18.3 Å². The summed E-state index contributed by atoms with van der Waals surface area (Å²) in [6, 6.07) is 7.59. The molecule has 1 fully saturated rings. The van der Waals surface area contributed by atoms with Crippen LogP contribution in [0.4, 0.5) is 25.1 Å². The number of guanidine groups is 1. The lowest BCUT2D eigenvalue weighted by Crippen LogP contribution is -2.47. The molecule has 1 aromatic carbocycles. The Morgan fingerprint density at radius 2 is 1.97 bits per heavy atom. The predicted molar refractivity (Wildman–Crippen MR) is 105 cm³/mol. The number of nitrogens with zero attached hydrogens (tertiary/aromatic N) is 4. The normalized spacial score (nSPS) is 13.5. The minimum absolute atomic E-state index is 0.114. The molecule has 2 heterocycles. The minimum Gasteiger partial charge on any atom is -0.444 e. The Labute approximate surface area is 171 Å². The number of amides is 1. The SMILES string of the molecule is N#Cc1ccc(N2CCN(c3nccc(COC(=O)NC(=N)N)c3F)CC2)c(F)c1. The molecule has 30 heavy (non-hydrogen) atoms. The van der Waals surface area contributed by atoms with Crippen LogP contribution in [0.2, 0.25) is 0 Å². The molecule has 1 aliphatic rings. The van der Waals surface area contributed by atoms with Gasteiger partial charge in [-0.25, -0.2) is 18.6 Å². The largest absolute Gasteiger partial charge is 0.444 e. The number of hydrogen-bond donors (Lipinski definition) is 3. The second-order valence-corrected chi connectivity index (χ2v) is 6.47. The van der Waals surface area contributed by atoms with Crippen molar-refractivity contribution in [2.24, 2.45) is 5.73 Å². The van der Waals surface area contributed by atoms with Crippen molar-refractivity contribution in [3.05, 3.63) is 53.2 Å². The summed E-state index contributed by atoms with van der Waals surface area (Å²) in [5, 5.41) is 17.8. The Balaban J connectivity index is 1.65. The van der Waals surface area contributed by atoms with Crippen molar-refractivity contribution >= 4 is 23.6 Å². The maximum absolute atomic E-state index is 14.9. The zero-order chi connectivity index (χ0) is 21.7. The molecule has 0 saturated carbocycles. The van der Waals surface area contributed by atoms with Crippen LogP contribution in [-0.4, -0.2) is 43.2 Å². The Morgan fingerprint density at radius 1 is 1.27 bits per heavy atom. The maximum Gasteiger partial charge on any atom is 0.414 e. The monoisotopic (exact) mass is 415 g/mol. The van der Waals surface area contributed by atoms with Gasteiger partial charge in [-0.15, -0.1) is 0 Å². The number of nitrogens with two attached hydrogens (primary N) is 1. The van der Waals surface area contributed by atoms with Crippen molar-refractivity contribution in [3.63, 3.8) is 0 Å². The number of alkyl carbamates (subject to hydrolysis) is 1. The van der Waals surface area contributed by atoms with Gasteiger partial charge in [0.1, 0.15) is 12.4 Å². The molecule has 0 radical (unpaired) electrons. The topological polar surface area (TPSA) is 131 Å². The number of ether oxygens (including phenoxy) is 1. The number of nitrogens with one attached hydrogen (secondary N) is 2. The van der Waals surface area contributed by atoms with Crippen molar-refractivity contribution in [2.75, 3.05) is 36.0 Å². The van der Waals surface area contributed by atoms with E-state index >= 15 is 0 Å². The highest BCUT2D eigenvalue weighted by Gasteiger charge is 2.24. The number of piperazine rings is 1. The third-order valence-electron chi connectivity index (χ3n) is 4.54. The van der Waals surface area contributed by atoms with Crippen molar-refractivity contribution in [2.45, 2.75) is 6.61 Å². The van der Waals surface area contributed by atoms with E-state index in [4.69, 9.17) is 21.1 Å². The van der Waals surface area contributed by atoms with Gasteiger partial charge in [-0.05, 0) is 24.3 Å². The van der Waals surface area contributed by atoms with Gasteiger partial charge in [-0.3, -0.25) is 10.7 Å². The first-order valence-electron chi connectivity index (χ1n) is 8.99. The number of anilines is 2. The molecular weight excluding hydrogens is 396 g/mol. The van der Waals surface area contributed by atoms with E-state index in [0.29, 0.717) is 31.9 Å². The first kappa shape index (κ1) is 20.8. The van der Waals surface area contributed by atoms with Crippen LogP contribution < -0.4 is 20.9 Å². The van der Waals surface area contributed by atoms with Gasteiger partial charge in [-0.2, -0.15) is 5.26 Å². The molecule has 0 spiro atoms. The lowest BCUT2D eigenvalue weighted by Gasteiger charge is -2.37. The van der Waals surface area contributed by atoms with Crippen molar-refractivity contribution in [1.29, 1.82) is 10.7 Å². The minimum atomic E-state index is -0.960. The Kier molecular flexibility index (Phi) is 6.26. The number of carbonyl (C=O) groups excluding carboxylic acids is 1. The fourth-order valence-electron chi connectivity index (χ4n) is 3.08. The van der Waals surface area contributed by atoms with Crippen LogP contribution >= 0.6 is 0 Å². The number of carbonyl (C=O) groups is 1. The average Bonchev–Trinajstić information content (AvgIpc) is 2.72. The molecule has 156 valence electrons. The maximum atomic E-state index is 14.9. The summed E-state index contributed by atoms with van der Waals surface area (Å²) < 4.78 is 33.9. The number of pyridine rings is 1.